The molecule has 1 aromatic rings. The molecule has 2 rings (SSSR count). The van der Waals surface area contributed by atoms with Crippen LogP contribution in [0.25, 0.3) is 0 Å². The Morgan fingerprint density at radius 1 is 1.50 bits per heavy atom. The van der Waals surface area contributed by atoms with Crippen molar-refractivity contribution in [1.29, 1.82) is 0 Å². The number of amides is 2. The maximum absolute atomic E-state index is 12.0. The van der Waals surface area contributed by atoms with Crippen LogP contribution in [0.5, 0.6) is 0 Å². The quantitative estimate of drug-likeness (QED) is 0.758. The first-order valence-corrected chi connectivity index (χ1v) is 5.44. The molecule has 0 bridgehead atoms. The Balaban J connectivity index is 2.40. The van der Waals surface area contributed by atoms with E-state index in [0.29, 0.717) is 19.3 Å². The second-order valence-corrected chi connectivity index (χ2v) is 4.05. The molecule has 1 aliphatic rings. The molecule has 84 valence electrons. The van der Waals surface area contributed by atoms with Gasteiger partial charge in [-0.2, -0.15) is 0 Å². The highest BCUT2D eigenvalue weighted by Crippen LogP contribution is 2.35. The lowest BCUT2D eigenvalue weighted by atomic mass is 9.72. The minimum atomic E-state index is -0.581. The van der Waals surface area contributed by atoms with Crippen LogP contribution in [0.4, 0.5) is 0 Å². The van der Waals surface area contributed by atoms with Crippen LogP contribution in [0.2, 0.25) is 0 Å². The molecular formula is C12H14N2O2. The molecule has 0 spiro atoms. The van der Waals surface area contributed by atoms with Crippen molar-refractivity contribution >= 4 is 11.8 Å². The average Bonchev–Trinajstić information content (AvgIpc) is 2.31. The van der Waals surface area contributed by atoms with E-state index in [1.54, 1.807) is 12.4 Å². The Morgan fingerprint density at radius 3 is 2.88 bits per heavy atom. The van der Waals surface area contributed by atoms with Crippen molar-refractivity contribution in [1.82, 2.24) is 10.3 Å². The molecule has 4 nitrogen and oxygen atoms in total. The van der Waals surface area contributed by atoms with Gasteiger partial charge < -0.3 is 0 Å². The second kappa shape index (κ2) is 4.04. The van der Waals surface area contributed by atoms with Crippen molar-refractivity contribution in [3.05, 3.63) is 30.1 Å². The van der Waals surface area contributed by atoms with Crippen LogP contribution in [0, 0.1) is 0 Å². The lowest BCUT2D eigenvalue weighted by Crippen LogP contribution is -2.51. The van der Waals surface area contributed by atoms with Crippen molar-refractivity contribution in [2.75, 3.05) is 0 Å². The first kappa shape index (κ1) is 10.8. The van der Waals surface area contributed by atoms with E-state index >= 15 is 0 Å². The van der Waals surface area contributed by atoms with Gasteiger partial charge in [0.05, 0.1) is 5.41 Å². The van der Waals surface area contributed by atoms with Crippen molar-refractivity contribution in [2.24, 2.45) is 0 Å². The molecule has 16 heavy (non-hydrogen) atoms. The third kappa shape index (κ3) is 1.60. The Morgan fingerprint density at radius 2 is 2.31 bits per heavy atom. The molecule has 1 saturated heterocycles. The SMILES string of the molecule is CCC1(c2cccnc2)CCC(=O)NC1=O. The van der Waals surface area contributed by atoms with Crippen molar-refractivity contribution in [3.8, 4) is 0 Å². The molecule has 1 fully saturated rings. The van der Waals surface area contributed by atoms with Crippen LogP contribution in [0.3, 0.4) is 0 Å². The maximum atomic E-state index is 12.0. The molecule has 1 unspecified atom stereocenters. The minimum Gasteiger partial charge on any atom is -0.296 e. The van der Waals surface area contributed by atoms with Gasteiger partial charge in [0.15, 0.2) is 0 Å². The zero-order chi connectivity index (χ0) is 11.6. The van der Waals surface area contributed by atoms with E-state index in [1.165, 1.54) is 0 Å². The van der Waals surface area contributed by atoms with Gasteiger partial charge in [-0.25, -0.2) is 0 Å². The fourth-order valence-electron chi connectivity index (χ4n) is 2.21. The van der Waals surface area contributed by atoms with Gasteiger partial charge in [-0.15, -0.1) is 0 Å². The summed E-state index contributed by atoms with van der Waals surface area (Å²) in [4.78, 5) is 27.2. The third-order valence-electron chi connectivity index (χ3n) is 3.28. The number of pyridine rings is 1. The van der Waals surface area contributed by atoms with Crippen molar-refractivity contribution in [2.45, 2.75) is 31.6 Å². The summed E-state index contributed by atoms with van der Waals surface area (Å²) in [6, 6.07) is 3.71. The van der Waals surface area contributed by atoms with E-state index in [9.17, 15) is 9.59 Å². The topological polar surface area (TPSA) is 59.1 Å². The first-order valence-electron chi connectivity index (χ1n) is 5.44. The van der Waals surface area contributed by atoms with E-state index in [0.717, 1.165) is 5.56 Å². The highest BCUT2D eigenvalue weighted by Gasteiger charge is 2.42. The number of nitrogens with one attached hydrogen (secondary N) is 1. The zero-order valence-electron chi connectivity index (χ0n) is 9.19. The van der Waals surface area contributed by atoms with E-state index in [4.69, 9.17) is 0 Å². The summed E-state index contributed by atoms with van der Waals surface area (Å²) in [6.07, 6.45) is 5.03. The number of carbonyl (C=O) groups excluding carboxylic acids is 2. The van der Waals surface area contributed by atoms with E-state index in [2.05, 4.69) is 10.3 Å². The molecule has 0 radical (unpaired) electrons. The third-order valence-corrected chi connectivity index (χ3v) is 3.28. The number of nitrogens with zero attached hydrogens (tertiary/aromatic N) is 1. The van der Waals surface area contributed by atoms with Crippen LogP contribution in [-0.4, -0.2) is 16.8 Å². The molecule has 0 aliphatic carbocycles. The number of rotatable bonds is 2. The van der Waals surface area contributed by atoms with Crippen LogP contribution in [0.1, 0.15) is 31.7 Å². The summed E-state index contributed by atoms with van der Waals surface area (Å²) in [6.45, 7) is 1.96. The van der Waals surface area contributed by atoms with Gasteiger partial charge in [0.1, 0.15) is 0 Å². The predicted molar refractivity (Wildman–Crippen MR) is 58.6 cm³/mol. The summed E-state index contributed by atoms with van der Waals surface area (Å²) < 4.78 is 0. The predicted octanol–water partition coefficient (Wildman–Crippen LogP) is 1.17. The number of hydrogen-bond acceptors (Lipinski definition) is 3. The smallest absolute Gasteiger partial charge is 0.237 e. The molecule has 1 N–H and O–H groups in total. The van der Waals surface area contributed by atoms with Gasteiger partial charge in [0.25, 0.3) is 0 Å². The molecule has 1 atom stereocenters. The van der Waals surface area contributed by atoms with Gasteiger partial charge >= 0.3 is 0 Å². The van der Waals surface area contributed by atoms with E-state index in [1.807, 2.05) is 19.1 Å². The summed E-state index contributed by atoms with van der Waals surface area (Å²) in [5, 5.41) is 2.41. The largest absolute Gasteiger partial charge is 0.296 e. The average molecular weight is 218 g/mol. The van der Waals surface area contributed by atoms with Crippen molar-refractivity contribution < 1.29 is 9.59 Å². The molecule has 4 heteroatoms. The summed E-state index contributed by atoms with van der Waals surface area (Å²) >= 11 is 0. The molecule has 0 saturated carbocycles. The second-order valence-electron chi connectivity index (χ2n) is 4.05. The zero-order valence-corrected chi connectivity index (χ0v) is 9.19. The molecular weight excluding hydrogens is 204 g/mol. The number of hydrogen-bond donors (Lipinski definition) is 1. The highest BCUT2D eigenvalue weighted by molar-refractivity contribution is 6.03. The molecule has 1 aromatic heterocycles. The summed E-state index contributed by atoms with van der Waals surface area (Å²) in [5.41, 5.74) is 0.310. The van der Waals surface area contributed by atoms with Crippen LogP contribution in [0.15, 0.2) is 24.5 Å². The fraction of sp³-hybridized carbons (Fsp3) is 0.417. The molecule has 1 aliphatic heterocycles. The lowest BCUT2D eigenvalue weighted by molar-refractivity contribution is -0.138. The first-order chi connectivity index (χ1) is 7.69. The van der Waals surface area contributed by atoms with Gasteiger partial charge in [-0.1, -0.05) is 13.0 Å². The van der Waals surface area contributed by atoms with Gasteiger partial charge in [-0.3, -0.25) is 19.9 Å². The highest BCUT2D eigenvalue weighted by atomic mass is 16.2. The Labute approximate surface area is 94.1 Å². The molecule has 0 aromatic carbocycles. The standard InChI is InChI=1S/C12H14N2O2/c1-2-12(9-4-3-7-13-8-9)6-5-10(15)14-11(12)16/h3-4,7-8H,2,5-6H2,1H3,(H,14,15,16). The van der Waals surface area contributed by atoms with Crippen molar-refractivity contribution in [3.63, 3.8) is 0 Å². The van der Waals surface area contributed by atoms with Gasteiger partial charge in [-0.05, 0) is 24.5 Å². The van der Waals surface area contributed by atoms with E-state index < -0.39 is 5.41 Å². The summed E-state index contributed by atoms with van der Waals surface area (Å²) in [5.74, 6) is -0.378. The minimum absolute atomic E-state index is 0.182. The van der Waals surface area contributed by atoms with Crippen LogP contribution < -0.4 is 5.32 Å². The lowest BCUT2D eigenvalue weighted by Gasteiger charge is -2.34. The Bertz CT molecular complexity index is 416. The molecule has 2 heterocycles. The Hall–Kier alpha value is -1.71. The normalized spacial score (nSPS) is 25.3. The van der Waals surface area contributed by atoms with Gasteiger partial charge in [0.2, 0.25) is 11.8 Å². The van der Waals surface area contributed by atoms with Crippen LogP contribution in [-0.2, 0) is 15.0 Å². The van der Waals surface area contributed by atoms with Crippen LogP contribution >= 0.6 is 0 Å². The fourth-order valence-corrected chi connectivity index (χ4v) is 2.21. The molecule has 2 amide bonds. The Kier molecular flexibility index (Phi) is 2.73. The number of piperidine rings is 1. The number of imide groups is 1. The summed E-state index contributed by atoms with van der Waals surface area (Å²) in [7, 11) is 0. The van der Waals surface area contributed by atoms with Gasteiger partial charge in [0, 0.05) is 18.8 Å². The number of carbonyl (C=O) groups is 2. The maximum Gasteiger partial charge on any atom is 0.237 e. The number of aromatic nitrogens is 1. The monoisotopic (exact) mass is 218 g/mol. The van der Waals surface area contributed by atoms with E-state index in [-0.39, 0.29) is 11.8 Å².